The van der Waals surface area contributed by atoms with Crippen LogP contribution in [0.4, 0.5) is 0 Å². The smallest absolute Gasteiger partial charge is 0.307 e. The molecule has 0 radical (unpaired) electrons. The van der Waals surface area contributed by atoms with E-state index in [1.165, 1.54) is 23.5 Å². The SMILES string of the molecule is C=C1CCN(S(=O)(=O)c2cc(CC(=O)O)ccc2OC)C1. The van der Waals surface area contributed by atoms with Gasteiger partial charge in [-0.1, -0.05) is 18.2 Å². The first-order valence-electron chi connectivity index (χ1n) is 6.40. The Morgan fingerprint density at radius 2 is 2.19 bits per heavy atom. The number of rotatable bonds is 5. The number of hydrogen-bond acceptors (Lipinski definition) is 4. The van der Waals surface area contributed by atoms with Crippen molar-refractivity contribution in [2.45, 2.75) is 17.7 Å². The summed E-state index contributed by atoms with van der Waals surface area (Å²) in [5, 5.41) is 8.83. The third-order valence-electron chi connectivity index (χ3n) is 3.32. The summed E-state index contributed by atoms with van der Waals surface area (Å²) in [6, 6.07) is 4.40. The number of ether oxygens (including phenoxy) is 1. The van der Waals surface area contributed by atoms with Crippen LogP contribution in [0.5, 0.6) is 5.75 Å². The van der Waals surface area contributed by atoms with Crippen LogP contribution in [0.15, 0.2) is 35.2 Å². The normalized spacial score (nSPS) is 16.1. The van der Waals surface area contributed by atoms with Crippen LogP contribution in [0.3, 0.4) is 0 Å². The molecule has 0 atom stereocenters. The number of carboxylic acids is 1. The summed E-state index contributed by atoms with van der Waals surface area (Å²) in [6.07, 6.45) is 0.398. The third-order valence-corrected chi connectivity index (χ3v) is 5.18. The predicted molar refractivity (Wildman–Crippen MR) is 76.8 cm³/mol. The lowest BCUT2D eigenvalue weighted by atomic mass is 10.1. The molecule has 1 aromatic rings. The van der Waals surface area contributed by atoms with Crippen LogP contribution in [0.25, 0.3) is 0 Å². The second-order valence-electron chi connectivity index (χ2n) is 4.89. The van der Waals surface area contributed by atoms with E-state index in [1.807, 2.05) is 0 Å². The summed E-state index contributed by atoms with van der Waals surface area (Å²) in [4.78, 5) is 10.8. The molecule has 0 aliphatic carbocycles. The Labute approximate surface area is 123 Å². The maximum atomic E-state index is 12.7. The zero-order valence-electron chi connectivity index (χ0n) is 11.7. The number of hydrogen-bond donors (Lipinski definition) is 1. The van der Waals surface area contributed by atoms with Gasteiger partial charge in [0, 0.05) is 13.1 Å². The monoisotopic (exact) mass is 311 g/mol. The fourth-order valence-electron chi connectivity index (χ4n) is 2.24. The third kappa shape index (κ3) is 3.25. The van der Waals surface area contributed by atoms with E-state index >= 15 is 0 Å². The van der Waals surface area contributed by atoms with Gasteiger partial charge in [0.1, 0.15) is 10.6 Å². The number of nitrogens with zero attached hydrogens (tertiary/aromatic N) is 1. The summed E-state index contributed by atoms with van der Waals surface area (Å²) in [5.74, 6) is -0.806. The van der Waals surface area contributed by atoms with Gasteiger partial charge < -0.3 is 9.84 Å². The Balaban J connectivity index is 2.44. The van der Waals surface area contributed by atoms with Crippen LogP contribution in [-0.2, 0) is 21.2 Å². The molecule has 1 N–H and O–H groups in total. The number of sulfonamides is 1. The average Bonchev–Trinajstić information content (AvgIpc) is 2.85. The molecular weight excluding hydrogens is 294 g/mol. The number of carbonyl (C=O) groups is 1. The first kappa shape index (κ1) is 15.5. The van der Waals surface area contributed by atoms with Crippen molar-refractivity contribution in [3.8, 4) is 5.75 Å². The Morgan fingerprint density at radius 1 is 1.48 bits per heavy atom. The molecule has 0 bridgehead atoms. The second-order valence-corrected chi connectivity index (χ2v) is 6.80. The zero-order chi connectivity index (χ0) is 15.6. The maximum absolute atomic E-state index is 12.7. The van der Waals surface area contributed by atoms with Crippen LogP contribution in [0, 0.1) is 0 Å². The van der Waals surface area contributed by atoms with E-state index in [0.29, 0.717) is 18.5 Å². The molecule has 1 fully saturated rings. The lowest BCUT2D eigenvalue weighted by Crippen LogP contribution is -2.28. The van der Waals surface area contributed by atoms with Crippen LogP contribution in [0.2, 0.25) is 0 Å². The number of aliphatic carboxylic acids is 1. The molecule has 0 amide bonds. The van der Waals surface area contributed by atoms with Gasteiger partial charge in [0.15, 0.2) is 0 Å². The molecule has 0 saturated carbocycles. The fourth-order valence-corrected chi connectivity index (χ4v) is 3.91. The topological polar surface area (TPSA) is 83.9 Å². The predicted octanol–water partition coefficient (Wildman–Crippen LogP) is 1.27. The molecule has 6 nitrogen and oxygen atoms in total. The molecule has 0 spiro atoms. The first-order valence-corrected chi connectivity index (χ1v) is 7.84. The highest BCUT2D eigenvalue weighted by Gasteiger charge is 2.31. The van der Waals surface area contributed by atoms with Crippen molar-refractivity contribution in [3.63, 3.8) is 0 Å². The lowest BCUT2D eigenvalue weighted by molar-refractivity contribution is -0.136. The van der Waals surface area contributed by atoms with Gasteiger partial charge in [-0.05, 0) is 24.1 Å². The van der Waals surface area contributed by atoms with Crippen molar-refractivity contribution in [1.29, 1.82) is 0 Å². The summed E-state index contributed by atoms with van der Waals surface area (Å²) in [7, 11) is -2.34. The standard InChI is InChI=1S/C14H17NO5S/c1-10-5-6-15(9-10)21(18,19)13-7-11(8-14(16)17)3-4-12(13)20-2/h3-4,7H,1,5-6,8-9H2,2H3,(H,16,17). The molecule has 1 heterocycles. The van der Waals surface area contributed by atoms with Crippen molar-refractivity contribution in [1.82, 2.24) is 4.31 Å². The Hall–Kier alpha value is -1.86. The Morgan fingerprint density at radius 3 is 2.71 bits per heavy atom. The summed E-state index contributed by atoms with van der Waals surface area (Å²) >= 11 is 0. The van der Waals surface area contributed by atoms with E-state index in [0.717, 1.165) is 5.57 Å². The van der Waals surface area contributed by atoms with Gasteiger partial charge in [-0.2, -0.15) is 4.31 Å². The molecule has 1 aliphatic rings. The number of carboxylic acid groups (broad SMARTS) is 1. The Bertz CT molecular complexity index is 681. The van der Waals surface area contributed by atoms with E-state index in [-0.39, 0.29) is 23.6 Å². The molecule has 7 heteroatoms. The van der Waals surface area contributed by atoms with Crippen molar-refractivity contribution in [2.75, 3.05) is 20.2 Å². The van der Waals surface area contributed by atoms with E-state index in [9.17, 15) is 13.2 Å². The summed E-state index contributed by atoms with van der Waals surface area (Å²) in [6.45, 7) is 4.46. The minimum absolute atomic E-state index is 0.00144. The quantitative estimate of drug-likeness (QED) is 0.828. The van der Waals surface area contributed by atoms with Crippen molar-refractivity contribution in [2.24, 2.45) is 0 Å². The van der Waals surface area contributed by atoms with E-state index < -0.39 is 16.0 Å². The van der Waals surface area contributed by atoms with Gasteiger partial charge in [0.25, 0.3) is 0 Å². The van der Waals surface area contributed by atoms with Crippen molar-refractivity contribution < 1.29 is 23.1 Å². The largest absolute Gasteiger partial charge is 0.495 e. The molecule has 0 aromatic heterocycles. The molecule has 2 rings (SSSR count). The molecule has 114 valence electrons. The fraction of sp³-hybridized carbons (Fsp3) is 0.357. The summed E-state index contributed by atoms with van der Waals surface area (Å²) in [5.41, 5.74) is 1.28. The van der Waals surface area contributed by atoms with Crippen molar-refractivity contribution in [3.05, 3.63) is 35.9 Å². The minimum atomic E-state index is -3.72. The van der Waals surface area contributed by atoms with Gasteiger partial charge in [-0.3, -0.25) is 4.79 Å². The molecule has 0 unspecified atom stereocenters. The van der Waals surface area contributed by atoms with Crippen LogP contribution in [0.1, 0.15) is 12.0 Å². The van der Waals surface area contributed by atoms with Gasteiger partial charge in [0.2, 0.25) is 10.0 Å². The lowest BCUT2D eigenvalue weighted by Gasteiger charge is -2.18. The molecule has 1 aromatic carbocycles. The highest BCUT2D eigenvalue weighted by atomic mass is 32.2. The van der Waals surface area contributed by atoms with Crippen LogP contribution < -0.4 is 4.74 Å². The van der Waals surface area contributed by atoms with E-state index in [2.05, 4.69) is 6.58 Å². The first-order chi connectivity index (χ1) is 9.84. The maximum Gasteiger partial charge on any atom is 0.307 e. The van der Waals surface area contributed by atoms with Gasteiger partial charge >= 0.3 is 5.97 Å². The van der Waals surface area contributed by atoms with Crippen LogP contribution >= 0.6 is 0 Å². The number of methoxy groups -OCH3 is 1. The van der Waals surface area contributed by atoms with E-state index in [1.54, 1.807) is 6.07 Å². The Kier molecular flexibility index (Phi) is 4.34. The highest BCUT2D eigenvalue weighted by Crippen LogP contribution is 2.30. The zero-order valence-corrected chi connectivity index (χ0v) is 12.5. The molecule has 21 heavy (non-hydrogen) atoms. The molecule has 1 saturated heterocycles. The number of benzene rings is 1. The van der Waals surface area contributed by atoms with E-state index in [4.69, 9.17) is 9.84 Å². The van der Waals surface area contributed by atoms with Crippen LogP contribution in [-0.4, -0.2) is 44.0 Å². The highest BCUT2D eigenvalue weighted by molar-refractivity contribution is 7.89. The van der Waals surface area contributed by atoms with Gasteiger partial charge in [-0.25, -0.2) is 8.42 Å². The average molecular weight is 311 g/mol. The minimum Gasteiger partial charge on any atom is -0.495 e. The molecule has 1 aliphatic heterocycles. The van der Waals surface area contributed by atoms with Gasteiger partial charge in [-0.15, -0.1) is 0 Å². The second kappa shape index (κ2) is 5.87. The molecular formula is C14H17NO5S. The van der Waals surface area contributed by atoms with Gasteiger partial charge in [0.05, 0.1) is 13.5 Å². The van der Waals surface area contributed by atoms with Crippen molar-refractivity contribution >= 4 is 16.0 Å². The summed E-state index contributed by atoms with van der Waals surface area (Å²) < 4.78 is 31.7.